The summed E-state index contributed by atoms with van der Waals surface area (Å²) < 4.78 is 9.96. The fraction of sp³-hybridized carbons (Fsp3) is 0.300. The van der Waals surface area contributed by atoms with E-state index in [0.717, 1.165) is 0 Å². The van der Waals surface area contributed by atoms with Gasteiger partial charge < -0.3 is 9.47 Å². The van der Waals surface area contributed by atoms with Crippen LogP contribution in [0.2, 0.25) is 15.1 Å². The molecule has 3 nitrogen and oxygen atoms in total. The fourth-order valence-corrected chi connectivity index (χ4v) is 1.54. The Bertz CT molecular complexity index is 393. The third kappa shape index (κ3) is 4.08. The van der Waals surface area contributed by atoms with Gasteiger partial charge in [0.15, 0.2) is 0 Å². The van der Waals surface area contributed by atoms with Gasteiger partial charge in [0, 0.05) is 13.0 Å². The third-order valence-electron chi connectivity index (χ3n) is 1.62. The number of benzene rings is 1. The van der Waals surface area contributed by atoms with Crippen LogP contribution in [0.5, 0.6) is 5.75 Å². The number of rotatable bonds is 4. The Morgan fingerprint density at radius 1 is 1.12 bits per heavy atom. The van der Waals surface area contributed by atoms with Gasteiger partial charge in [0.25, 0.3) is 0 Å². The van der Waals surface area contributed by atoms with Gasteiger partial charge in [0.05, 0.1) is 15.1 Å². The highest BCUT2D eigenvalue weighted by molar-refractivity contribution is 6.43. The Balaban J connectivity index is 2.54. The molecule has 0 saturated heterocycles. The highest BCUT2D eigenvalue weighted by atomic mass is 35.5. The minimum absolute atomic E-state index is 0.159. The smallest absolute Gasteiger partial charge is 0.302 e. The summed E-state index contributed by atoms with van der Waals surface area (Å²) >= 11 is 17.4. The normalized spacial score (nSPS) is 10.0. The molecule has 0 aliphatic heterocycles. The van der Waals surface area contributed by atoms with Crippen molar-refractivity contribution in [3.63, 3.8) is 0 Å². The summed E-state index contributed by atoms with van der Waals surface area (Å²) in [5.74, 6) is 0.0482. The van der Waals surface area contributed by atoms with Crippen LogP contribution in [0.1, 0.15) is 6.92 Å². The third-order valence-corrected chi connectivity index (χ3v) is 2.64. The van der Waals surface area contributed by atoms with Crippen molar-refractivity contribution in [2.75, 3.05) is 13.2 Å². The monoisotopic (exact) mass is 282 g/mol. The number of carbonyl (C=O) groups is 1. The molecule has 0 heterocycles. The molecule has 0 N–H and O–H groups in total. The first-order valence-corrected chi connectivity index (χ1v) is 5.55. The summed E-state index contributed by atoms with van der Waals surface area (Å²) in [4.78, 5) is 10.5. The lowest BCUT2D eigenvalue weighted by Gasteiger charge is -2.09. The summed E-state index contributed by atoms with van der Waals surface area (Å²) in [5.41, 5.74) is 0. The first-order chi connectivity index (χ1) is 7.50. The average Bonchev–Trinajstić information content (AvgIpc) is 2.19. The van der Waals surface area contributed by atoms with Gasteiger partial charge in [-0.25, -0.2) is 0 Å². The maximum Gasteiger partial charge on any atom is 0.302 e. The fourth-order valence-electron chi connectivity index (χ4n) is 0.952. The lowest BCUT2D eigenvalue weighted by molar-refractivity contribution is -0.141. The molecule has 88 valence electrons. The minimum Gasteiger partial charge on any atom is -0.488 e. The molecule has 1 rings (SSSR count). The molecular formula is C10H9Cl3O3. The summed E-state index contributed by atoms with van der Waals surface area (Å²) in [6.07, 6.45) is 0. The molecule has 0 bridgehead atoms. The highest BCUT2D eigenvalue weighted by Gasteiger charge is 2.07. The molecule has 0 amide bonds. The second kappa shape index (κ2) is 6.18. The van der Waals surface area contributed by atoms with E-state index in [2.05, 4.69) is 0 Å². The molecule has 1 aromatic rings. The summed E-state index contributed by atoms with van der Waals surface area (Å²) in [6, 6.07) is 3.01. The van der Waals surface area contributed by atoms with Crippen LogP contribution in [-0.4, -0.2) is 19.2 Å². The lowest BCUT2D eigenvalue weighted by atomic mass is 10.3. The van der Waals surface area contributed by atoms with Crippen LogP contribution < -0.4 is 4.74 Å². The van der Waals surface area contributed by atoms with E-state index in [4.69, 9.17) is 44.3 Å². The average molecular weight is 284 g/mol. The Morgan fingerprint density at radius 3 is 2.38 bits per heavy atom. The van der Waals surface area contributed by atoms with Gasteiger partial charge in [-0.3, -0.25) is 4.79 Å². The largest absolute Gasteiger partial charge is 0.488 e. The molecule has 0 saturated carbocycles. The van der Waals surface area contributed by atoms with Gasteiger partial charge in [-0.1, -0.05) is 34.8 Å². The van der Waals surface area contributed by atoms with Crippen molar-refractivity contribution in [1.29, 1.82) is 0 Å². The number of carbonyl (C=O) groups excluding carboxylic acids is 1. The zero-order valence-electron chi connectivity index (χ0n) is 8.43. The van der Waals surface area contributed by atoms with E-state index in [1.165, 1.54) is 19.1 Å². The molecule has 0 aliphatic carbocycles. The zero-order valence-corrected chi connectivity index (χ0v) is 10.7. The van der Waals surface area contributed by atoms with Crippen molar-refractivity contribution in [3.05, 3.63) is 27.2 Å². The Kier molecular flexibility index (Phi) is 5.19. The number of hydrogen-bond acceptors (Lipinski definition) is 3. The molecule has 16 heavy (non-hydrogen) atoms. The summed E-state index contributed by atoms with van der Waals surface area (Å²) in [6.45, 7) is 1.69. The topological polar surface area (TPSA) is 35.5 Å². The maximum absolute atomic E-state index is 10.5. The van der Waals surface area contributed by atoms with E-state index in [9.17, 15) is 4.79 Å². The molecule has 0 spiro atoms. The van der Waals surface area contributed by atoms with Crippen LogP contribution in [0.3, 0.4) is 0 Å². The Morgan fingerprint density at radius 2 is 1.75 bits per heavy atom. The standard InChI is InChI=1S/C10H9Cl3O3/c1-6(14)15-2-3-16-10-5-8(12)7(11)4-9(10)13/h4-5H,2-3H2,1H3. The minimum atomic E-state index is -0.358. The number of ether oxygens (including phenoxy) is 2. The zero-order chi connectivity index (χ0) is 12.1. The SMILES string of the molecule is CC(=O)OCCOc1cc(Cl)c(Cl)cc1Cl. The highest BCUT2D eigenvalue weighted by Crippen LogP contribution is 2.33. The molecule has 0 radical (unpaired) electrons. The predicted octanol–water partition coefficient (Wildman–Crippen LogP) is 3.59. The molecule has 0 aromatic heterocycles. The van der Waals surface area contributed by atoms with Crippen LogP contribution >= 0.6 is 34.8 Å². The van der Waals surface area contributed by atoms with Crippen LogP contribution in [0.15, 0.2) is 12.1 Å². The molecule has 0 unspecified atom stereocenters. The van der Waals surface area contributed by atoms with Crippen molar-refractivity contribution in [2.45, 2.75) is 6.92 Å². The van der Waals surface area contributed by atoms with Crippen molar-refractivity contribution >= 4 is 40.8 Å². The molecular weight excluding hydrogens is 274 g/mol. The van der Waals surface area contributed by atoms with E-state index >= 15 is 0 Å². The van der Waals surface area contributed by atoms with E-state index in [1.54, 1.807) is 0 Å². The lowest BCUT2D eigenvalue weighted by Crippen LogP contribution is -2.09. The van der Waals surface area contributed by atoms with E-state index in [1.807, 2.05) is 0 Å². The van der Waals surface area contributed by atoms with Crippen molar-refractivity contribution in [2.24, 2.45) is 0 Å². The predicted molar refractivity (Wildman–Crippen MR) is 63.6 cm³/mol. The summed E-state index contributed by atoms with van der Waals surface area (Å²) in [5, 5.41) is 1.07. The molecule has 6 heteroatoms. The van der Waals surface area contributed by atoms with Crippen LogP contribution in [0.4, 0.5) is 0 Å². The van der Waals surface area contributed by atoms with Gasteiger partial charge in [0.1, 0.15) is 19.0 Å². The van der Waals surface area contributed by atoms with Crippen LogP contribution in [0.25, 0.3) is 0 Å². The van der Waals surface area contributed by atoms with Crippen LogP contribution in [0, 0.1) is 0 Å². The van der Waals surface area contributed by atoms with Crippen molar-refractivity contribution in [1.82, 2.24) is 0 Å². The second-order valence-electron chi connectivity index (χ2n) is 2.89. The molecule has 1 aromatic carbocycles. The summed E-state index contributed by atoms with van der Waals surface area (Å²) in [7, 11) is 0. The first-order valence-electron chi connectivity index (χ1n) is 4.41. The van der Waals surface area contributed by atoms with Gasteiger partial charge in [-0.05, 0) is 6.07 Å². The van der Waals surface area contributed by atoms with Gasteiger partial charge >= 0.3 is 5.97 Å². The van der Waals surface area contributed by atoms with Gasteiger partial charge in [0.2, 0.25) is 0 Å². The van der Waals surface area contributed by atoms with Crippen molar-refractivity contribution in [3.8, 4) is 5.75 Å². The van der Waals surface area contributed by atoms with Gasteiger partial charge in [-0.15, -0.1) is 0 Å². The number of hydrogen-bond donors (Lipinski definition) is 0. The Labute approximate surface area is 108 Å². The number of esters is 1. The van der Waals surface area contributed by atoms with Crippen LogP contribution in [-0.2, 0) is 9.53 Å². The van der Waals surface area contributed by atoms with Crippen molar-refractivity contribution < 1.29 is 14.3 Å². The van der Waals surface area contributed by atoms with E-state index < -0.39 is 0 Å². The molecule has 0 fully saturated rings. The number of halogens is 3. The van der Waals surface area contributed by atoms with E-state index in [-0.39, 0.29) is 19.2 Å². The second-order valence-corrected chi connectivity index (χ2v) is 4.11. The maximum atomic E-state index is 10.5. The first kappa shape index (κ1) is 13.4. The quantitative estimate of drug-likeness (QED) is 0.481. The van der Waals surface area contributed by atoms with E-state index in [0.29, 0.717) is 20.8 Å². The van der Waals surface area contributed by atoms with Gasteiger partial charge in [-0.2, -0.15) is 0 Å². The molecule has 0 atom stereocenters. The Hall–Kier alpha value is -0.640. The molecule has 0 aliphatic rings.